The third kappa shape index (κ3) is 3.84. The van der Waals surface area contributed by atoms with Gasteiger partial charge in [-0.15, -0.1) is 0 Å². The molecule has 6 nitrogen and oxygen atoms in total. The van der Waals surface area contributed by atoms with Gasteiger partial charge in [-0.1, -0.05) is 6.92 Å². The van der Waals surface area contributed by atoms with Gasteiger partial charge in [0.1, 0.15) is 6.61 Å². The fourth-order valence-electron chi connectivity index (χ4n) is 2.36. The summed E-state index contributed by atoms with van der Waals surface area (Å²) < 4.78 is 5.11. The van der Waals surface area contributed by atoms with Crippen molar-refractivity contribution in [2.45, 2.75) is 26.4 Å². The number of hydrogen-bond donors (Lipinski definition) is 1. The Kier molecular flexibility index (Phi) is 5.51. The van der Waals surface area contributed by atoms with Gasteiger partial charge in [-0.25, -0.2) is 0 Å². The van der Waals surface area contributed by atoms with Gasteiger partial charge in [-0.3, -0.25) is 9.59 Å². The molecule has 0 saturated carbocycles. The molecule has 1 heterocycles. The van der Waals surface area contributed by atoms with E-state index in [2.05, 4.69) is 0 Å². The zero-order chi connectivity index (χ0) is 16.1. The minimum Gasteiger partial charge on any atom is -0.391 e. The molecule has 22 heavy (non-hydrogen) atoms. The van der Waals surface area contributed by atoms with Crippen molar-refractivity contribution >= 4 is 23.2 Å². The first-order valence-electron chi connectivity index (χ1n) is 7.47. The average molecular weight is 306 g/mol. The van der Waals surface area contributed by atoms with E-state index in [1.807, 2.05) is 19.1 Å². The topological polar surface area (TPSA) is 70.1 Å². The van der Waals surface area contributed by atoms with Crippen LogP contribution in [0, 0.1) is 0 Å². The van der Waals surface area contributed by atoms with Crippen LogP contribution < -0.4 is 9.80 Å². The SMILES string of the molecule is CCC(O)CN(C(C)=O)c1ccc(N2CCOCC2=O)cc1. The quantitative estimate of drug-likeness (QED) is 0.886. The number of anilines is 2. The Balaban J connectivity index is 2.15. The predicted molar refractivity (Wildman–Crippen MR) is 83.9 cm³/mol. The number of benzene rings is 1. The van der Waals surface area contributed by atoms with Crippen LogP contribution in [-0.2, 0) is 14.3 Å². The molecular formula is C16H22N2O4. The minimum atomic E-state index is -0.551. The summed E-state index contributed by atoms with van der Waals surface area (Å²) in [7, 11) is 0. The second-order valence-electron chi connectivity index (χ2n) is 5.31. The zero-order valence-corrected chi connectivity index (χ0v) is 13.0. The van der Waals surface area contributed by atoms with Crippen LogP contribution in [0.5, 0.6) is 0 Å². The van der Waals surface area contributed by atoms with Crippen LogP contribution in [0.4, 0.5) is 11.4 Å². The molecule has 1 fully saturated rings. The monoisotopic (exact) mass is 306 g/mol. The lowest BCUT2D eigenvalue weighted by Crippen LogP contribution is -2.41. The molecule has 0 bridgehead atoms. The van der Waals surface area contributed by atoms with Crippen molar-refractivity contribution in [3.8, 4) is 0 Å². The standard InChI is InChI=1S/C16H22N2O4/c1-3-15(20)10-18(12(2)19)14-6-4-13(5-7-14)17-8-9-22-11-16(17)21/h4-7,15,20H,3,8-11H2,1-2H3. The van der Waals surface area contributed by atoms with Crippen molar-refractivity contribution in [1.29, 1.82) is 0 Å². The van der Waals surface area contributed by atoms with Crippen molar-refractivity contribution in [1.82, 2.24) is 0 Å². The summed E-state index contributed by atoms with van der Waals surface area (Å²) in [6, 6.07) is 7.21. The smallest absolute Gasteiger partial charge is 0.253 e. The van der Waals surface area contributed by atoms with Crippen molar-refractivity contribution in [3.05, 3.63) is 24.3 Å². The highest BCUT2D eigenvalue weighted by Gasteiger charge is 2.21. The fourth-order valence-corrected chi connectivity index (χ4v) is 2.36. The summed E-state index contributed by atoms with van der Waals surface area (Å²) in [6.07, 6.45) is 0.0360. The van der Waals surface area contributed by atoms with E-state index >= 15 is 0 Å². The van der Waals surface area contributed by atoms with Gasteiger partial charge in [-0.05, 0) is 30.7 Å². The molecule has 1 saturated heterocycles. The van der Waals surface area contributed by atoms with Gasteiger partial charge in [0.15, 0.2) is 0 Å². The minimum absolute atomic E-state index is 0.0659. The molecule has 1 atom stereocenters. The highest BCUT2D eigenvalue weighted by molar-refractivity contribution is 5.96. The van der Waals surface area contributed by atoms with Crippen LogP contribution in [0.15, 0.2) is 24.3 Å². The molecule has 2 amide bonds. The average Bonchev–Trinajstić information content (AvgIpc) is 2.53. The van der Waals surface area contributed by atoms with Gasteiger partial charge >= 0.3 is 0 Å². The maximum Gasteiger partial charge on any atom is 0.253 e. The number of hydrogen-bond acceptors (Lipinski definition) is 4. The summed E-state index contributed by atoms with van der Waals surface area (Å²) in [5.74, 6) is -0.188. The Morgan fingerprint density at radius 1 is 1.41 bits per heavy atom. The highest BCUT2D eigenvalue weighted by atomic mass is 16.5. The number of amides is 2. The molecule has 0 aromatic heterocycles. The Morgan fingerprint density at radius 3 is 2.64 bits per heavy atom. The first-order valence-corrected chi connectivity index (χ1v) is 7.47. The van der Waals surface area contributed by atoms with E-state index < -0.39 is 6.10 Å². The summed E-state index contributed by atoms with van der Waals surface area (Å²) >= 11 is 0. The Hall–Kier alpha value is -1.92. The largest absolute Gasteiger partial charge is 0.391 e. The lowest BCUT2D eigenvalue weighted by Gasteiger charge is -2.28. The van der Waals surface area contributed by atoms with Crippen LogP contribution in [-0.4, -0.2) is 49.3 Å². The molecule has 1 unspecified atom stereocenters. The maximum atomic E-state index is 11.8. The highest BCUT2D eigenvalue weighted by Crippen LogP contribution is 2.22. The Bertz CT molecular complexity index is 529. The lowest BCUT2D eigenvalue weighted by molar-refractivity contribution is -0.125. The number of aliphatic hydroxyl groups is 1. The Morgan fingerprint density at radius 2 is 2.09 bits per heavy atom. The number of nitrogens with zero attached hydrogens (tertiary/aromatic N) is 2. The number of morpholine rings is 1. The van der Waals surface area contributed by atoms with Crippen LogP contribution >= 0.6 is 0 Å². The summed E-state index contributed by atoms with van der Waals surface area (Å²) in [5, 5.41) is 9.77. The van der Waals surface area contributed by atoms with Crippen LogP contribution in [0.25, 0.3) is 0 Å². The molecule has 2 rings (SSSR count). The van der Waals surface area contributed by atoms with Gasteiger partial charge in [0.25, 0.3) is 5.91 Å². The molecule has 0 radical (unpaired) electrons. The summed E-state index contributed by atoms with van der Waals surface area (Å²) in [6.45, 7) is 4.77. The van der Waals surface area contributed by atoms with Crippen LogP contribution in [0.3, 0.4) is 0 Å². The predicted octanol–water partition coefficient (Wildman–Crippen LogP) is 1.17. The van der Waals surface area contributed by atoms with E-state index in [0.29, 0.717) is 25.3 Å². The molecular weight excluding hydrogens is 284 g/mol. The number of carbonyl (C=O) groups is 2. The molecule has 120 valence electrons. The van der Waals surface area contributed by atoms with E-state index in [1.165, 1.54) is 6.92 Å². The molecule has 6 heteroatoms. The van der Waals surface area contributed by atoms with Gasteiger partial charge in [0, 0.05) is 24.8 Å². The van der Waals surface area contributed by atoms with Crippen LogP contribution in [0.1, 0.15) is 20.3 Å². The third-order valence-electron chi connectivity index (χ3n) is 3.70. The van der Waals surface area contributed by atoms with E-state index in [0.717, 1.165) is 5.69 Å². The van der Waals surface area contributed by atoms with Crippen LogP contribution in [0.2, 0.25) is 0 Å². The van der Waals surface area contributed by atoms with E-state index in [9.17, 15) is 14.7 Å². The maximum absolute atomic E-state index is 11.8. The molecule has 1 N–H and O–H groups in total. The number of rotatable bonds is 5. The molecule has 1 aliphatic rings. The number of aliphatic hydroxyl groups excluding tert-OH is 1. The normalized spacial score (nSPS) is 16.5. The molecule has 1 aromatic carbocycles. The third-order valence-corrected chi connectivity index (χ3v) is 3.70. The van der Waals surface area contributed by atoms with Gasteiger partial charge < -0.3 is 19.6 Å². The summed E-state index contributed by atoms with van der Waals surface area (Å²) in [4.78, 5) is 26.8. The van der Waals surface area contributed by atoms with Crippen molar-refractivity contribution in [3.63, 3.8) is 0 Å². The van der Waals surface area contributed by atoms with Gasteiger partial charge in [0.2, 0.25) is 5.91 Å². The van der Waals surface area contributed by atoms with Crippen molar-refractivity contribution < 1.29 is 19.4 Å². The van der Waals surface area contributed by atoms with Crippen molar-refractivity contribution in [2.24, 2.45) is 0 Å². The second kappa shape index (κ2) is 7.38. The lowest BCUT2D eigenvalue weighted by atomic mass is 10.2. The first kappa shape index (κ1) is 16.5. The second-order valence-corrected chi connectivity index (χ2v) is 5.31. The fraction of sp³-hybridized carbons (Fsp3) is 0.500. The van der Waals surface area contributed by atoms with Crippen molar-refractivity contribution in [2.75, 3.05) is 36.1 Å². The number of carbonyl (C=O) groups excluding carboxylic acids is 2. The van der Waals surface area contributed by atoms with Gasteiger partial charge in [-0.2, -0.15) is 0 Å². The zero-order valence-electron chi connectivity index (χ0n) is 13.0. The first-order chi connectivity index (χ1) is 10.5. The molecule has 0 spiro atoms. The van der Waals surface area contributed by atoms with Gasteiger partial charge in [0.05, 0.1) is 19.3 Å². The number of ether oxygens (including phenoxy) is 1. The summed E-state index contributed by atoms with van der Waals surface area (Å²) in [5.41, 5.74) is 1.50. The van der Waals surface area contributed by atoms with E-state index in [4.69, 9.17) is 4.74 Å². The van der Waals surface area contributed by atoms with E-state index in [-0.39, 0.29) is 25.0 Å². The van der Waals surface area contributed by atoms with E-state index in [1.54, 1.807) is 21.9 Å². The Labute approximate surface area is 130 Å². The molecule has 1 aliphatic heterocycles. The molecule has 0 aliphatic carbocycles. The molecule has 1 aromatic rings.